The van der Waals surface area contributed by atoms with Gasteiger partial charge in [0.05, 0.1) is 0 Å². The van der Waals surface area contributed by atoms with E-state index in [1.54, 1.807) is 0 Å². The van der Waals surface area contributed by atoms with Crippen LogP contribution in [0.4, 0.5) is 0 Å². The van der Waals surface area contributed by atoms with Crippen LogP contribution in [0.1, 0.15) is 0 Å². The molecule has 2 aromatic heterocycles. The standard InChI is InChI=1S/C59H37N3O/c1-3-12-38(13-4-1)40-26-31-44(32-27-40)57-60-58(48-34-35-50-47(37-48)18-9-19-49(50)42-15-5-2-6-16-42)62-59(61-57)53-22-11-23-54-55(53)52-21-10-20-51(56(52)63-54)43-29-24-41(25-30-43)46-33-28-39-14-7-8-17-45(39)36-46/h1-37H. The van der Waals surface area contributed by atoms with Crippen LogP contribution in [0.2, 0.25) is 0 Å². The molecule has 0 aliphatic carbocycles. The minimum atomic E-state index is 0.582. The summed E-state index contributed by atoms with van der Waals surface area (Å²) in [4.78, 5) is 15.7. The molecule has 0 radical (unpaired) electrons. The Labute approximate surface area is 364 Å². The van der Waals surface area contributed by atoms with E-state index in [1.165, 1.54) is 38.4 Å². The second kappa shape index (κ2) is 15.2. The zero-order valence-electron chi connectivity index (χ0n) is 34.1. The summed E-state index contributed by atoms with van der Waals surface area (Å²) >= 11 is 0. The van der Waals surface area contributed by atoms with Gasteiger partial charge in [-0.25, -0.2) is 15.0 Å². The van der Waals surface area contributed by atoms with Gasteiger partial charge in [-0.3, -0.25) is 0 Å². The van der Waals surface area contributed by atoms with E-state index in [0.717, 1.165) is 66.3 Å². The fourth-order valence-electron chi connectivity index (χ4n) is 8.96. The lowest BCUT2D eigenvalue weighted by atomic mass is 9.96. The Morgan fingerprint density at radius 2 is 0.778 bits per heavy atom. The molecular weight excluding hydrogens is 767 g/mol. The van der Waals surface area contributed by atoms with E-state index in [2.05, 4.69) is 206 Å². The van der Waals surface area contributed by atoms with Gasteiger partial charge in [-0.2, -0.15) is 0 Å². The molecule has 4 nitrogen and oxygen atoms in total. The molecule has 2 heterocycles. The van der Waals surface area contributed by atoms with Crippen LogP contribution in [-0.4, -0.2) is 15.0 Å². The Morgan fingerprint density at radius 1 is 0.270 bits per heavy atom. The first-order valence-electron chi connectivity index (χ1n) is 21.2. The number of aromatic nitrogens is 3. The third-order valence-corrected chi connectivity index (χ3v) is 12.2. The Morgan fingerprint density at radius 3 is 1.57 bits per heavy atom. The number of hydrogen-bond donors (Lipinski definition) is 0. The molecule has 0 fully saturated rings. The summed E-state index contributed by atoms with van der Waals surface area (Å²) in [5, 5.41) is 6.73. The van der Waals surface area contributed by atoms with E-state index in [0.29, 0.717) is 17.5 Å². The zero-order valence-corrected chi connectivity index (χ0v) is 34.1. The summed E-state index contributed by atoms with van der Waals surface area (Å²) in [7, 11) is 0. The van der Waals surface area contributed by atoms with Crippen LogP contribution in [-0.2, 0) is 0 Å². The quantitative estimate of drug-likeness (QED) is 0.161. The summed E-state index contributed by atoms with van der Waals surface area (Å²) in [6.07, 6.45) is 0. The topological polar surface area (TPSA) is 51.8 Å². The molecule has 0 saturated carbocycles. The first kappa shape index (κ1) is 36.4. The van der Waals surface area contributed by atoms with Crippen molar-refractivity contribution in [3.8, 4) is 78.7 Å². The van der Waals surface area contributed by atoms with Crippen molar-refractivity contribution in [1.82, 2.24) is 15.0 Å². The van der Waals surface area contributed by atoms with Crippen LogP contribution in [0.25, 0.3) is 122 Å². The maximum Gasteiger partial charge on any atom is 0.164 e. The molecule has 0 aliphatic rings. The SMILES string of the molecule is c1ccc(-c2ccc(-c3nc(-c4ccc5c(-c6ccccc6)cccc5c4)nc(-c4cccc5oc6c(-c7ccc(-c8ccc9ccccc9c8)cc7)cccc6c45)n3)cc2)cc1. The molecule has 0 N–H and O–H groups in total. The van der Waals surface area contributed by atoms with Crippen molar-refractivity contribution >= 4 is 43.5 Å². The minimum absolute atomic E-state index is 0.582. The molecule has 0 atom stereocenters. The van der Waals surface area contributed by atoms with Crippen molar-refractivity contribution in [2.45, 2.75) is 0 Å². The van der Waals surface area contributed by atoms with Gasteiger partial charge in [0.2, 0.25) is 0 Å². The Kier molecular flexibility index (Phi) is 8.79. The number of benzene rings is 10. The van der Waals surface area contributed by atoms with E-state index in [4.69, 9.17) is 19.4 Å². The minimum Gasteiger partial charge on any atom is -0.455 e. The molecule has 294 valence electrons. The van der Waals surface area contributed by atoms with Gasteiger partial charge >= 0.3 is 0 Å². The fourth-order valence-corrected chi connectivity index (χ4v) is 8.96. The smallest absolute Gasteiger partial charge is 0.164 e. The second-order valence-corrected chi connectivity index (χ2v) is 16.0. The molecule has 0 aliphatic heterocycles. The largest absolute Gasteiger partial charge is 0.455 e. The second-order valence-electron chi connectivity index (χ2n) is 16.0. The molecule has 0 amide bonds. The number of fused-ring (bicyclic) bond motifs is 5. The monoisotopic (exact) mass is 803 g/mol. The Bertz CT molecular complexity index is 3650. The van der Waals surface area contributed by atoms with Crippen molar-refractivity contribution in [2.75, 3.05) is 0 Å². The highest BCUT2D eigenvalue weighted by atomic mass is 16.3. The van der Waals surface area contributed by atoms with Crippen LogP contribution in [0, 0.1) is 0 Å². The van der Waals surface area contributed by atoms with Gasteiger partial charge in [0.25, 0.3) is 0 Å². The van der Waals surface area contributed by atoms with Crippen LogP contribution >= 0.6 is 0 Å². The van der Waals surface area contributed by atoms with Crippen LogP contribution in [0.5, 0.6) is 0 Å². The van der Waals surface area contributed by atoms with Gasteiger partial charge < -0.3 is 4.42 Å². The number of nitrogens with zero attached hydrogens (tertiary/aromatic N) is 3. The van der Waals surface area contributed by atoms with Gasteiger partial charge in [0, 0.05) is 33.0 Å². The molecule has 4 heteroatoms. The Balaban J connectivity index is 0.984. The summed E-state index contributed by atoms with van der Waals surface area (Å²) in [5.41, 5.74) is 13.4. The average molecular weight is 804 g/mol. The summed E-state index contributed by atoms with van der Waals surface area (Å²) in [6.45, 7) is 0. The molecule has 0 unspecified atom stereocenters. The first-order chi connectivity index (χ1) is 31.2. The van der Waals surface area contributed by atoms with E-state index >= 15 is 0 Å². The molecule has 0 saturated heterocycles. The molecule has 12 aromatic rings. The zero-order chi connectivity index (χ0) is 41.7. The lowest BCUT2D eigenvalue weighted by Crippen LogP contribution is -2.00. The van der Waals surface area contributed by atoms with E-state index in [1.807, 2.05) is 18.2 Å². The lowest BCUT2D eigenvalue weighted by molar-refractivity contribution is 0.670. The van der Waals surface area contributed by atoms with Gasteiger partial charge in [0.1, 0.15) is 11.2 Å². The number of hydrogen-bond acceptors (Lipinski definition) is 4. The van der Waals surface area contributed by atoms with Crippen molar-refractivity contribution in [3.05, 3.63) is 224 Å². The van der Waals surface area contributed by atoms with Crippen LogP contribution in [0.15, 0.2) is 229 Å². The molecule has 12 rings (SSSR count). The van der Waals surface area contributed by atoms with Gasteiger partial charge in [-0.05, 0) is 78.7 Å². The molecular formula is C59H37N3O. The molecule has 0 spiro atoms. The van der Waals surface area contributed by atoms with Gasteiger partial charge in [-0.1, -0.05) is 206 Å². The fraction of sp³-hybridized carbons (Fsp3) is 0. The summed E-state index contributed by atoms with van der Waals surface area (Å²) in [6, 6.07) is 78.8. The highest BCUT2D eigenvalue weighted by Gasteiger charge is 2.20. The Hall–Kier alpha value is -8.47. The number of para-hydroxylation sites is 1. The third kappa shape index (κ3) is 6.62. The number of furan rings is 1. The first-order valence-corrected chi connectivity index (χ1v) is 21.2. The number of rotatable bonds is 7. The van der Waals surface area contributed by atoms with Crippen molar-refractivity contribution in [3.63, 3.8) is 0 Å². The van der Waals surface area contributed by atoms with Crippen molar-refractivity contribution in [1.29, 1.82) is 0 Å². The lowest BCUT2D eigenvalue weighted by Gasteiger charge is -2.11. The van der Waals surface area contributed by atoms with Crippen LogP contribution in [0.3, 0.4) is 0 Å². The normalized spacial score (nSPS) is 11.5. The summed E-state index contributed by atoms with van der Waals surface area (Å²) < 4.78 is 6.77. The third-order valence-electron chi connectivity index (χ3n) is 12.2. The van der Waals surface area contributed by atoms with Crippen molar-refractivity contribution in [2.24, 2.45) is 0 Å². The predicted octanol–water partition coefficient (Wildman–Crippen LogP) is 15.7. The average Bonchev–Trinajstić information content (AvgIpc) is 3.76. The molecule has 63 heavy (non-hydrogen) atoms. The maximum atomic E-state index is 6.77. The van der Waals surface area contributed by atoms with Crippen LogP contribution < -0.4 is 0 Å². The molecule has 0 bridgehead atoms. The van der Waals surface area contributed by atoms with Gasteiger partial charge in [-0.15, -0.1) is 0 Å². The maximum absolute atomic E-state index is 6.77. The predicted molar refractivity (Wildman–Crippen MR) is 260 cm³/mol. The van der Waals surface area contributed by atoms with E-state index in [-0.39, 0.29) is 0 Å². The molecule has 10 aromatic carbocycles. The van der Waals surface area contributed by atoms with Crippen molar-refractivity contribution < 1.29 is 4.42 Å². The van der Waals surface area contributed by atoms with E-state index < -0.39 is 0 Å². The highest BCUT2D eigenvalue weighted by Crippen LogP contribution is 2.41. The highest BCUT2D eigenvalue weighted by molar-refractivity contribution is 6.15. The van der Waals surface area contributed by atoms with Gasteiger partial charge in [0.15, 0.2) is 17.5 Å². The summed E-state index contributed by atoms with van der Waals surface area (Å²) in [5.74, 6) is 1.79. The van der Waals surface area contributed by atoms with E-state index in [9.17, 15) is 0 Å².